The number of nitrogens with zero attached hydrogens (tertiary/aromatic N) is 4. The first-order valence-corrected chi connectivity index (χ1v) is 7.50. The van der Waals surface area contributed by atoms with Crippen molar-refractivity contribution in [3.8, 4) is 0 Å². The lowest BCUT2D eigenvalue weighted by Crippen LogP contribution is -2.40. The van der Waals surface area contributed by atoms with Gasteiger partial charge in [-0.1, -0.05) is 17.8 Å². The van der Waals surface area contributed by atoms with Crippen LogP contribution in [0.25, 0.3) is 5.65 Å². The second kappa shape index (κ2) is 7.03. The van der Waals surface area contributed by atoms with E-state index in [1.54, 1.807) is 4.40 Å². The van der Waals surface area contributed by atoms with Crippen LogP contribution in [0.1, 0.15) is 11.5 Å². The van der Waals surface area contributed by atoms with E-state index in [1.807, 2.05) is 19.9 Å². The second-order valence-corrected chi connectivity index (χ2v) is 5.40. The number of carbonyl (C=O) groups excluding carboxylic acids is 2. The van der Waals surface area contributed by atoms with Gasteiger partial charge in [-0.2, -0.15) is 0 Å². The first-order valence-electron chi connectivity index (χ1n) is 6.52. The Morgan fingerprint density at radius 2 is 2.18 bits per heavy atom. The summed E-state index contributed by atoms with van der Waals surface area (Å²) in [6, 6.07) is 1.26. The summed E-state index contributed by atoms with van der Waals surface area (Å²) in [6.45, 7) is 7.49. The molecule has 8 nitrogen and oxygen atoms in total. The van der Waals surface area contributed by atoms with Crippen LogP contribution in [-0.2, 0) is 4.79 Å². The molecule has 0 spiro atoms. The molecule has 116 valence electrons. The Hall–Kier alpha value is -2.42. The molecule has 0 unspecified atom stereocenters. The van der Waals surface area contributed by atoms with E-state index < -0.39 is 11.9 Å². The number of amides is 3. The summed E-state index contributed by atoms with van der Waals surface area (Å²) in [6.07, 6.45) is 1.53. The molecule has 0 saturated carbocycles. The van der Waals surface area contributed by atoms with E-state index in [2.05, 4.69) is 32.4 Å². The van der Waals surface area contributed by atoms with Crippen molar-refractivity contribution >= 4 is 29.3 Å². The number of aromatic nitrogens is 4. The second-order valence-electron chi connectivity index (χ2n) is 4.46. The highest BCUT2D eigenvalue weighted by Gasteiger charge is 2.13. The molecule has 0 atom stereocenters. The van der Waals surface area contributed by atoms with Gasteiger partial charge in [0, 0.05) is 18.3 Å². The number of rotatable bonds is 5. The molecule has 0 fully saturated rings. The number of carbonyl (C=O) groups is 2. The SMILES string of the molecule is C=CCNC(=O)NC(=O)CSc1nnc2cc(C)nc(C)n12. The number of hydrogen-bond donors (Lipinski definition) is 2. The number of hydrogen-bond acceptors (Lipinski definition) is 6. The number of fused-ring (bicyclic) bond motifs is 1. The van der Waals surface area contributed by atoms with E-state index in [4.69, 9.17) is 0 Å². The predicted molar refractivity (Wildman–Crippen MR) is 82.7 cm³/mol. The van der Waals surface area contributed by atoms with Crippen molar-refractivity contribution in [2.45, 2.75) is 19.0 Å². The molecule has 3 amide bonds. The van der Waals surface area contributed by atoms with Crippen LogP contribution < -0.4 is 10.6 Å². The maximum Gasteiger partial charge on any atom is 0.321 e. The van der Waals surface area contributed by atoms with E-state index >= 15 is 0 Å². The molecule has 0 aliphatic carbocycles. The van der Waals surface area contributed by atoms with Gasteiger partial charge in [-0.15, -0.1) is 16.8 Å². The first-order chi connectivity index (χ1) is 10.5. The zero-order chi connectivity index (χ0) is 16.1. The summed E-state index contributed by atoms with van der Waals surface area (Å²) in [5.41, 5.74) is 1.53. The molecule has 0 aliphatic heterocycles. The maximum absolute atomic E-state index is 11.7. The van der Waals surface area contributed by atoms with E-state index in [0.717, 1.165) is 11.5 Å². The molecule has 0 radical (unpaired) electrons. The Labute approximate surface area is 131 Å². The standard InChI is InChI=1S/C13H16N6O2S/c1-4-5-14-12(21)16-11(20)7-22-13-18-17-10-6-8(2)15-9(3)19(10)13/h4,6H,1,5,7H2,2-3H3,(H2,14,16,20,21). The minimum atomic E-state index is -0.551. The van der Waals surface area contributed by atoms with E-state index in [-0.39, 0.29) is 5.75 Å². The molecule has 2 aromatic heterocycles. The van der Waals surface area contributed by atoms with Crippen LogP contribution >= 0.6 is 11.8 Å². The van der Waals surface area contributed by atoms with Crippen molar-refractivity contribution < 1.29 is 9.59 Å². The molecule has 0 saturated heterocycles. The van der Waals surface area contributed by atoms with Crippen LogP contribution in [0, 0.1) is 13.8 Å². The van der Waals surface area contributed by atoms with Crippen molar-refractivity contribution in [2.75, 3.05) is 12.3 Å². The lowest BCUT2D eigenvalue weighted by atomic mass is 10.4. The van der Waals surface area contributed by atoms with Gasteiger partial charge in [0.15, 0.2) is 10.8 Å². The Morgan fingerprint density at radius 3 is 2.91 bits per heavy atom. The van der Waals surface area contributed by atoms with Crippen molar-refractivity contribution in [2.24, 2.45) is 0 Å². The van der Waals surface area contributed by atoms with Crippen LogP contribution in [0.3, 0.4) is 0 Å². The molecular formula is C13H16N6O2S. The Balaban J connectivity index is 1.99. The third-order valence-corrected chi connectivity index (χ3v) is 3.58. The van der Waals surface area contributed by atoms with Crippen LogP contribution in [-0.4, -0.2) is 43.8 Å². The Bertz CT molecular complexity index is 727. The van der Waals surface area contributed by atoms with Gasteiger partial charge in [-0.3, -0.25) is 14.5 Å². The van der Waals surface area contributed by atoms with Gasteiger partial charge in [0.05, 0.1) is 5.75 Å². The largest absolute Gasteiger partial charge is 0.334 e. The zero-order valence-electron chi connectivity index (χ0n) is 12.3. The molecule has 22 heavy (non-hydrogen) atoms. The molecule has 2 N–H and O–H groups in total. The monoisotopic (exact) mass is 320 g/mol. The highest BCUT2D eigenvalue weighted by Crippen LogP contribution is 2.18. The summed E-state index contributed by atoms with van der Waals surface area (Å²) in [4.78, 5) is 27.4. The Morgan fingerprint density at radius 1 is 1.41 bits per heavy atom. The summed E-state index contributed by atoms with van der Waals surface area (Å²) in [5.74, 6) is 0.378. The third kappa shape index (κ3) is 3.82. The van der Waals surface area contributed by atoms with E-state index in [9.17, 15) is 9.59 Å². The quantitative estimate of drug-likeness (QED) is 0.625. The highest BCUT2D eigenvalue weighted by atomic mass is 32.2. The fourth-order valence-corrected chi connectivity index (χ4v) is 2.58. The Kier molecular flexibility index (Phi) is 5.10. The molecule has 2 rings (SSSR count). The minimum Gasteiger partial charge on any atom is -0.334 e. The number of urea groups is 1. The molecule has 2 aromatic rings. The number of thioether (sulfide) groups is 1. The van der Waals surface area contributed by atoms with E-state index in [0.29, 0.717) is 17.3 Å². The number of imide groups is 1. The van der Waals surface area contributed by atoms with Crippen molar-refractivity contribution in [3.63, 3.8) is 0 Å². The molecule has 2 heterocycles. The smallest absolute Gasteiger partial charge is 0.321 e. The molecule has 0 aromatic carbocycles. The van der Waals surface area contributed by atoms with Crippen LogP contribution in [0.2, 0.25) is 0 Å². The highest BCUT2D eigenvalue weighted by molar-refractivity contribution is 7.99. The predicted octanol–water partition coefficient (Wildman–Crippen LogP) is 0.845. The van der Waals surface area contributed by atoms with Crippen molar-refractivity contribution in [3.05, 3.63) is 30.2 Å². The van der Waals surface area contributed by atoms with Gasteiger partial charge >= 0.3 is 6.03 Å². The van der Waals surface area contributed by atoms with Gasteiger partial charge in [0.25, 0.3) is 0 Å². The summed E-state index contributed by atoms with van der Waals surface area (Å²) < 4.78 is 1.77. The lowest BCUT2D eigenvalue weighted by Gasteiger charge is -2.05. The normalized spacial score (nSPS) is 10.5. The third-order valence-electron chi connectivity index (χ3n) is 2.65. The van der Waals surface area contributed by atoms with Gasteiger partial charge in [-0.05, 0) is 13.8 Å². The lowest BCUT2D eigenvalue weighted by molar-refractivity contribution is -0.117. The fourth-order valence-electron chi connectivity index (χ4n) is 1.80. The number of nitrogens with one attached hydrogen (secondary N) is 2. The van der Waals surface area contributed by atoms with Crippen LogP contribution in [0.5, 0.6) is 0 Å². The topological polar surface area (TPSA) is 101 Å². The van der Waals surface area contributed by atoms with Crippen molar-refractivity contribution in [1.29, 1.82) is 0 Å². The van der Waals surface area contributed by atoms with Crippen molar-refractivity contribution in [1.82, 2.24) is 30.2 Å². The van der Waals surface area contributed by atoms with E-state index in [1.165, 1.54) is 17.8 Å². The summed E-state index contributed by atoms with van der Waals surface area (Å²) >= 11 is 1.19. The molecule has 0 aliphatic rings. The molecule has 0 bridgehead atoms. The van der Waals surface area contributed by atoms with Gasteiger partial charge in [0.2, 0.25) is 5.91 Å². The van der Waals surface area contributed by atoms with Gasteiger partial charge < -0.3 is 5.32 Å². The average molecular weight is 320 g/mol. The summed E-state index contributed by atoms with van der Waals surface area (Å²) in [5, 5.41) is 13.3. The van der Waals surface area contributed by atoms with Gasteiger partial charge in [0.1, 0.15) is 5.82 Å². The molecule has 9 heteroatoms. The minimum absolute atomic E-state index is 0.0512. The zero-order valence-corrected chi connectivity index (χ0v) is 13.1. The maximum atomic E-state index is 11.7. The number of aryl methyl sites for hydroxylation is 2. The summed E-state index contributed by atoms with van der Waals surface area (Å²) in [7, 11) is 0. The van der Waals surface area contributed by atoms with Crippen LogP contribution in [0.15, 0.2) is 23.9 Å². The average Bonchev–Trinajstić information content (AvgIpc) is 2.86. The first kappa shape index (κ1) is 16.0. The van der Waals surface area contributed by atoms with Crippen LogP contribution in [0.4, 0.5) is 4.79 Å². The fraction of sp³-hybridized carbons (Fsp3) is 0.308. The van der Waals surface area contributed by atoms with Gasteiger partial charge in [-0.25, -0.2) is 9.78 Å². The molecular weight excluding hydrogens is 304 g/mol.